The summed E-state index contributed by atoms with van der Waals surface area (Å²) < 4.78 is 5.25. The minimum atomic E-state index is -0.391. The van der Waals surface area contributed by atoms with Gasteiger partial charge in [0.2, 0.25) is 5.91 Å². The average Bonchev–Trinajstić information content (AvgIpc) is 3.35. The summed E-state index contributed by atoms with van der Waals surface area (Å²) in [5.41, 5.74) is 3.17. The summed E-state index contributed by atoms with van der Waals surface area (Å²) in [6.07, 6.45) is 22.6. The Labute approximate surface area is 460 Å². The Morgan fingerprint density at radius 1 is 0.699 bits per heavy atom. The van der Waals surface area contributed by atoms with Crippen molar-refractivity contribution in [1.29, 1.82) is 0 Å². The lowest BCUT2D eigenvalue weighted by atomic mass is 9.67. The van der Waals surface area contributed by atoms with Crippen molar-refractivity contribution in [2.24, 2.45) is 44.7 Å². The summed E-state index contributed by atoms with van der Waals surface area (Å²) in [4.78, 5) is 39.5. The van der Waals surface area contributed by atoms with Crippen LogP contribution >= 0.6 is 11.8 Å². The van der Waals surface area contributed by atoms with Gasteiger partial charge in [0.05, 0.1) is 6.54 Å². The molecule has 3 rings (SSSR count). The Morgan fingerprint density at radius 3 is 1.62 bits per heavy atom. The zero-order chi connectivity index (χ0) is 57.3. The first-order valence-electron chi connectivity index (χ1n) is 29.4. The average molecular weight is 1040 g/mol. The van der Waals surface area contributed by atoms with Crippen LogP contribution in [0.2, 0.25) is 0 Å². The molecule has 0 saturated heterocycles. The van der Waals surface area contributed by atoms with E-state index in [-0.39, 0.29) is 41.1 Å². The van der Waals surface area contributed by atoms with Crippen molar-refractivity contribution in [3.63, 3.8) is 0 Å². The molecule has 1 aliphatic rings. The van der Waals surface area contributed by atoms with E-state index in [1.54, 1.807) is 0 Å². The molecule has 0 bridgehead atoms. The molecule has 1 aliphatic carbocycles. The number of esters is 1. The number of hydrogen-bond acceptors (Lipinski definition) is 5. The summed E-state index contributed by atoms with van der Waals surface area (Å²) in [5, 5.41) is 3.97. The van der Waals surface area contributed by atoms with Crippen molar-refractivity contribution in [3.8, 4) is 0 Å². The van der Waals surface area contributed by atoms with E-state index in [9.17, 15) is 14.4 Å². The highest BCUT2D eigenvalue weighted by molar-refractivity contribution is 6.11. The molecule has 1 amide bonds. The van der Waals surface area contributed by atoms with Crippen LogP contribution in [-0.2, 0) is 32.1 Å². The predicted octanol–water partition coefficient (Wildman–Crippen LogP) is 20.4. The molecule has 6 nitrogen and oxygen atoms in total. The molecule has 73 heavy (non-hydrogen) atoms. The van der Waals surface area contributed by atoms with Crippen LogP contribution in [0.25, 0.3) is 0 Å². The Morgan fingerprint density at radius 2 is 1.21 bits per heavy atom. The first-order valence-corrected chi connectivity index (χ1v) is 29.9. The second kappa shape index (κ2) is 43.4. The lowest BCUT2D eigenvalue weighted by Crippen LogP contribution is -2.46. The third-order valence-corrected chi connectivity index (χ3v) is 14.2. The van der Waals surface area contributed by atoms with E-state index in [0.717, 1.165) is 44.1 Å². The van der Waals surface area contributed by atoms with Crippen molar-refractivity contribution in [3.05, 3.63) is 71.8 Å². The molecule has 0 heterocycles. The smallest absolute Gasteiger partial charge is 0.306 e. The van der Waals surface area contributed by atoms with E-state index in [2.05, 4.69) is 145 Å². The Bertz CT molecular complexity index is 1600. The van der Waals surface area contributed by atoms with Crippen LogP contribution in [0.3, 0.4) is 0 Å². The topological polar surface area (TPSA) is 89.7 Å². The number of rotatable bonds is 21. The van der Waals surface area contributed by atoms with E-state index < -0.39 is 5.41 Å². The number of carbonyl (C=O) groups is 3. The molecule has 0 spiro atoms. The van der Waals surface area contributed by atoms with Gasteiger partial charge in [0.15, 0.2) is 5.78 Å². The van der Waals surface area contributed by atoms with Gasteiger partial charge in [0, 0.05) is 24.3 Å². The van der Waals surface area contributed by atoms with Gasteiger partial charge >= 0.3 is 5.97 Å². The first kappa shape index (κ1) is 76.8. The van der Waals surface area contributed by atoms with Crippen molar-refractivity contribution in [1.82, 2.24) is 4.90 Å². The number of nitrogens with zero attached hydrogens (tertiary/aromatic N) is 1. The van der Waals surface area contributed by atoms with E-state index in [4.69, 9.17) is 4.74 Å². The minimum absolute atomic E-state index is 0.0600. The fourth-order valence-electron chi connectivity index (χ4n) is 8.98. The van der Waals surface area contributed by atoms with Gasteiger partial charge in [-0.1, -0.05) is 244 Å². The lowest BCUT2D eigenvalue weighted by molar-refractivity contribution is -0.155. The molecule has 0 aliphatic heterocycles. The Balaban J connectivity index is -0.000000449. The monoisotopic (exact) mass is 1040 g/mol. The highest BCUT2D eigenvalue weighted by atomic mass is 35.5. The molecule has 4 atom stereocenters. The zero-order valence-electron chi connectivity index (χ0n) is 52.4. The van der Waals surface area contributed by atoms with E-state index in [0.29, 0.717) is 35.6 Å². The highest BCUT2D eigenvalue weighted by Gasteiger charge is 2.40. The standard InChI is InChI=1S/C25H39NO2.C15H32.C12H24O2.C8H10.C4H10.C2H6.ClH2N/c1-19(2)22(27)18-26(17-21-10-8-7-9-11-21)23(28)25(6)13-12-20(3)16-24(4,5)14-15-25;1-7-10-14(4,5)12-13-15(6,9-3)11-8-2;1-6-7-8-10(2)9-11(13)14-12(3,4)5;1-2-8-6-4-3-5-7-8;1-3-4-2;2*1-2/h7-11,19-20H,12-18H2,1-6H3;7-13H2,1-6H3;10H,6-9H2,1-5H3;3-7H,2H2,1H3;3-4H2,1-2H3;1-2H3;2H2. The van der Waals surface area contributed by atoms with Gasteiger partial charge in [-0.05, 0) is 136 Å². The maximum absolute atomic E-state index is 13.7. The molecular formula is C66H123ClN2O4. The normalized spacial score (nSPS) is 17.2. The van der Waals surface area contributed by atoms with Crippen LogP contribution < -0.4 is 5.25 Å². The van der Waals surface area contributed by atoms with Gasteiger partial charge in [-0.3, -0.25) is 14.4 Å². The zero-order valence-corrected chi connectivity index (χ0v) is 53.1. The maximum Gasteiger partial charge on any atom is 0.306 e. The summed E-state index contributed by atoms with van der Waals surface area (Å²) in [5.74, 6) is 1.23. The van der Waals surface area contributed by atoms with Crippen LogP contribution in [0.1, 0.15) is 279 Å². The molecule has 1 fully saturated rings. The number of carbonyl (C=O) groups excluding carboxylic acids is 3. The maximum atomic E-state index is 13.7. The fourth-order valence-corrected chi connectivity index (χ4v) is 8.98. The number of amides is 1. The van der Waals surface area contributed by atoms with Gasteiger partial charge in [0.25, 0.3) is 0 Å². The molecule has 7 heteroatoms. The molecule has 2 N–H and O–H groups in total. The highest BCUT2D eigenvalue weighted by Crippen LogP contribution is 2.44. The van der Waals surface area contributed by atoms with E-state index >= 15 is 0 Å². The van der Waals surface area contributed by atoms with Crippen molar-refractivity contribution < 1.29 is 19.1 Å². The summed E-state index contributed by atoms with van der Waals surface area (Å²) in [7, 11) is 0. The first-order chi connectivity index (χ1) is 34.1. The van der Waals surface area contributed by atoms with Gasteiger partial charge < -0.3 is 9.64 Å². The third kappa shape index (κ3) is 41.2. The SMILES string of the molecule is CC.CC1CCC(C)(C(=O)N(CC(=O)C(C)C)Cc2ccccc2)CCC(C)(C)C1.CCCC.CCCC(C)(C)CCC(C)(CC)CCC.CCCCC(C)CC(=O)OC(C)(C)C.CCc1ccccc1.NCl. The molecule has 4 unspecified atom stereocenters. The fraction of sp³-hybridized carbons (Fsp3) is 0.773. The quantitative estimate of drug-likeness (QED) is 0.0994. The van der Waals surface area contributed by atoms with Crippen molar-refractivity contribution in [2.75, 3.05) is 6.54 Å². The van der Waals surface area contributed by atoms with Crippen molar-refractivity contribution >= 4 is 29.4 Å². The minimum Gasteiger partial charge on any atom is -0.460 e. The number of ketones is 1. The second-order valence-corrected chi connectivity index (χ2v) is 24.5. The van der Waals surface area contributed by atoms with Gasteiger partial charge in [-0.2, -0.15) is 0 Å². The number of hydrogen-bond donors (Lipinski definition) is 1. The molecule has 2 aromatic rings. The molecule has 1 saturated carbocycles. The van der Waals surface area contributed by atoms with Crippen LogP contribution in [-0.4, -0.2) is 34.7 Å². The number of halogens is 1. The van der Waals surface area contributed by atoms with Crippen LogP contribution in [0.4, 0.5) is 0 Å². The number of nitrogens with two attached hydrogens (primary N) is 1. The Kier molecular flexibility index (Phi) is 45.7. The summed E-state index contributed by atoms with van der Waals surface area (Å²) >= 11 is 4.14. The molecular weight excluding hydrogens is 920 g/mol. The largest absolute Gasteiger partial charge is 0.460 e. The number of aryl methyl sites for hydroxylation is 1. The number of unbranched alkanes of at least 4 members (excludes halogenated alkanes) is 2. The third-order valence-electron chi connectivity index (χ3n) is 14.2. The number of ether oxygens (including phenoxy) is 1. The molecule has 428 valence electrons. The molecule has 0 aromatic heterocycles. The summed E-state index contributed by atoms with van der Waals surface area (Å²) in [6.45, 7) is 48.4. The predicted molar refractivity (Wildman–Crippen MR) is 324 cm³/mol. The number of benzene rings is 2. The molecule has 0 radical (unpaired) electrons. The molecule has 2 aromatic carbocycles. The Hall–Kier alpha value is -2.70. The number of Topliss-reactive ketones (excluding diaryl/α,β-unsaturated/α-hetero) is 1. The van der Waals surface area contributed by atoms with Gasteiger partial charge in [-0.15, -0.1) is 0 Å². The van der Waals surface area contributed by atoms with Crippen LogP contribution in [0, 0.1) is 39.4 Å². The van der Waals surface area contributed by atoms with Crippen LogP contribution in [0.15, 0.2) is 60.7 Å². The van der Waals surface area contributed by atoms with Gasteiger partial charge in [0.1, 0.15) is 5.60 Å². The van der Waals surface area contributed by atoms with Gasteiger partial charge in [-0.25, -0.2) is 5.25 Å². The van der Waals surface area contributed by atoms with Crippen molar-refractivity contribution in [2.45, 2.75) is 286 Å². The van der Waals surface area contributed by atoms with Crippen LogP contribution in [0.5, 0.6) is 0 Å². The summed E-state index contributed by atoms with van der Waals surface area (Å²) in [6, 6.07) is 20.5. The lowest BCUT2D eigenvalue weighted by Gasteiger charge is -2.40. The van der Waals surface area contributed by atoms with E-state index in [1.807, 2.05) is 89.8 Å². The van der Waals surface area contributed by atoms with E-state index in [1.165, 1.54) is 82.6 Å². The second-order valence-electron chi connectivity index (χ2n) is 24.5.